The molecule has 1 aliphatic heterocycles. The number of fused-ring (bicyclic) bond motifs is 3. The van der Waals surface area contributed by atoms with Crippen LogP contribution in [0.25, 0.3) is 0 Å². The molecule has 3 atom stereocenters. The third-order valence-corrected chi connectivity index (χ3v) is 9.74. The number of ether oxygens (including phenoxy) is 2. The zero-order valence-corrected chi connectivity index (χ0v) is 25.5. The minimum atomic E-state index is -0.737. The van der Waals surface area contributed by atoms with E-state index in [2.05, 4.69) is 38.1 Å². The third kappa shape index (κ3) is 5.60. The maximum absolute atomic E-state index is 14.2. The number of amides is 1. The Morgan fingerprint density at radius 3 is 2.49 bits per heavy atom. The summed E-state index contributed by atoms with van der Waals surface area (Å²) in [6, 6.07) is 10.2. The number of hydrogen-bond donors (Lipinski definition) is 0. The van der Waals surface area contributed by atoms with E-state index in [0.29, 0.717) is 54.8 Å². The van der Waals surface area contributed by atoms with Crippen molar-refractivity contribution in [1.82, 2.24) is 4.90 Å². The molecule has 2 aromatic carbocycles. The van der Waals surface area contributed by atoms with E-state index in [1.807, 2.05) is 31.7 Å². The van der Waals surface area contributed by atoms with Gasteiger partial charge in [0.25, 0.3) is 5.91 Å². The third-order valence-electron chi connectivity index (χ3n) is 9.04. The van der Waals surface area contributed by atoms with Gasteiger partial charge in [0.15, 0.2) is 0 Å². The van der Waals surface area contributed by atoms with Crippen LogP contribution in [-0.2, 0) is 26.3 Å². The van der Waals surface area contributed by atoms with E-state index in [1.54, 1.807) is 0 Å². The van der Waals surface area contributed by atoms with E-state index in [0.717, 1.165) is 29.5 Å². The molecule has 1 saturated carbocycles. The van der Waals surface area contributed by atoms with Gasteiger partial charge in [-0.1, -0.05) is 80.2 Å². The van der Waals surface area contributed by atoms with Crippen LogP contribution in [0.15, 0.2) is 30.3 Å². The second-order valence-corrected chi connectivity index (χ2v) is 12.8. The van der Waals surface area contributed by atoms with Crippen molar-refractivity contribution in [2.75, 3.05) is 26.8 Å². The van der Waals surface area contributed by atoms with Gasteiger partial charge in [0, 0.05) is 30.6 Å². The number of nitrogens with zero attached hydrogens (tertiary/aromatic N) is 1. The van der Waals surface area contributed by atoms with E-state index in [4.69, 9.17) is 32.7 Å². The van der Waals surface area contributed by atoms with Gasteiger partial charge in [-0.3, -0.25) is 9.59 Å². The number of esters is 1. The van der Waals surface area contributed by atoms with Crippen LogP contribution in [0, 0.1) is 18.3 Å². The molecule has 1 aliphatic carbocycles. The normalized spacial score (nSPS) is 24.8. The summed E-state index contributed by atoms with van der Waals surface area (Å²) < 4.78 is 11.3. The molecule has 0 unspecified atom stereocenters. The van der Waals surface area contributed by atoms with Crippen LogP contribution >= 0.6 is 23.2 Å². The molecule has 0 bridgehead atoms. The fourth-order valence-electron chi connectivity index (χ4n) is 6.79. The predicted molar refractivity (Wildman–Crippen MR) is 157 cm³/mol. The molecule has 0 saturated heterocycles. The zero-order chi connectivity index (χ0) is 28.5. The van der Waals surface area contributed by atoms with Crippen molar-refractivity contribution in [3.63, 3.8) is 0 Å². The Hall–Kier alpha value is -2.08. The first kappa shape index (κ1) is 29.9. The van der Waals surface area contributed by atoms with Gasteiger partial charge in [0.05, 0.1) is 29.7 Å². The Balaban J connectivity index is 1.67. The molecule has 0 aromatic heterocycles. The number of hydrogen-bond acceptors (Lipinski definition) is 4. The SMILES string of the molecule is COC(=O)[C@]1(C)CCC[C@]2(C)c3cc(Cl)c(C(C)C)c(Cl)c3C(=O)N(CCCOCc3ccc(C)cc3)C[C@@H]12. The van der Waals surface area contributed by atoms with Crippen LogP contribution < -0.4 is 0 Å². The van der Waals surface area contributed by atoms with Crippen LogP contribution in [0.4, 0.5) is 0 Å². The summed E-state index contributed by atoms with van der Waals surface area (Å²) in [5.41, 5.74) is 3.31. The Morgan fingerprint density at radius 1 is 1.15 bits per heavy atom. The first-order chi connectivity index (χ1) is 18.4. The molecule has 4 rings (SSSR count). The highest BCUT2D eigenvalue weighted by molar-refractivity contribution is 6.38. The molecule has 0 spiro atoms. The van der Waals surface area contributed by atoms with E-state index < -0.39 is 10.8 Å². The average molecular weight is 575 g/mol. The monoisotopic (exact) mass is 573 g/mol. The Morgan fingerprint density at radius 2 is 1.85 bits per heavy atom. The molecule has 1 heterocycles. The highest BCUT2D eigenvalue weighted by Gasteiger charge is 2.57. The largest absolute Gasteiger partial charge is 0.469 e. The van der Waals surface area contributed by atoms with Gasteiger partial charge in [-0.05, 0) is 67.2 Å². The average Bonchev–Trinajstić information content (AvgIpc) is 2.98. The first-order valence-corrected chi connectivity index (χ1v) is 14.7. The van der Waals surface area contributed by atoms with Gasteiger partial charge in [-0.25, -0.2) is 0 Å². The topological polar surface area (TPSA) is 55.8 Å². The molecule has 7 heteroatoms. The van der Waals surface area contributed by atoms with Gasteiger partial charge in [-0.2, -0.15) is 0 Å². The number of aryl methyl sites for hydroxylation is 1. The van der Waals surface area contributed by atoms with E-state index in [9.17, 15) is 9.59 Å². The highest BCUT2D eigenvalue weighted by Crippen LogP contribution is 2.57. The van der Waals surface area contributed by atoms with Gasteiger partial charge in [-0.15, -0.1) is 0 Å². The molecule has 0 N–H and O–H groups in total. The molecule has 2 aromatic rings. The van der Waals surface area contributed by atoms with Crippen LogP contribution in [0.5, 0.6) is 0 Å². The molecule has 2 aliphatic rings. The lowest BCUT2D eigenvalue weighted by molar-refractivity contribution is -0.161. The van der Waals surface area contributed by atoms with E-state index in [1.165, 1.54) is 12.7 Å². The number of halogens is 2. The second-order valence-electron chi connectivity index (χ2n) is 12.0. The lowest BCUT2D eigenvalue weighted by atomic mass is 9.53. The summed E-state index contributed by atoms with van der Waals surface area (Å²) in [5, 5.41) is 1.01. The maximum atomic E-state index is 14.2. The van der Waals surface area contributed by atoms with Crippen molar-refractivity contribution in [3.05, 3.63) is 68.2 Å². The number of methoxy groups -OCH3 is 1. The zero-order valence-electron chi connectivity index (χ0n) is 24.0. The fraction of sp³-hybridized carbons (Fsp3) is 0.562. The molecule has 212 valence electrons. The number of carbonyl (C=O) groups is 2. The van der Waals surface area contributed by atoms with Crippen molar-refractivity contribution in [2.45, 2.75) is 78.2 Å². The minimum absolute atomic E-state index is 0.0604. The molecule has 1 fully saturated rings. The summed E-state index contributed by atoms with van der Waals surface area (Å²) in [5.74, 6) is -0.422. The van der Waals surface area contributed by atoms with Crippen LogP contribution in [0.3, 0.4) is 0 Å². The molecular formula is C32H41Cl2NO4. The van der Waals surface area contributed by atoms with Crippen molar-refractivity contribution in [1.29, 1.82) is 0 Å². The predicted octanol–water partition coefficient (Wildman–Crippen LogP) is 7.73. The number of rotatable bonds is 8. The van der Waals surface area contributed by atoms with Crippen LogP contribution in [0.1, 0.15) is 91.9 Å². The number of carbonyl (C=O) groups excluding carboxylic acids is 2. The Bertz CT molecular complexity index is 1230. The quantitative estimate of drug-likeness (QED) is 0.239. The van der Waals surface area contributed by atoms with E-state index in [-0.39, 0.29) is 23.7 Å². The van der Waals surface area contributed by atoms with Gasteiger partial charge in [0.2, 0.25) is 0 Å². The second kappa shape index (κ2) is 11.8. The van der Waals surface area contributed by atoms with Crippen molar-refractivity contribution in [3.8, 4) is 0 Å². The van der Waals surface area contributed by atoms with Crippen LogP contribution in [-0.4, -0.2) is 43.6 Å². The Labute approximate surface area is 243 Å². The molecule has 0 radical (unpaired) electrons. The highest BCUT2D eigenvalue weighted by atomic mass is 35.5. The maximum Gasteiger partial charge on any atom is 0.311 e. The lowest BCUT2D eigenvalue weighted by Gasteiger charge is -2.51. The van der Waals surface area contributed by atoms with Crippen LogP contribution in [0.2, 0.25) is 10.0 Å². The standard InChI is InChI=1S/C32H41Cl2NO4/c1-20(2)26-24(33)17-23-27(28(26)34)29(36)35(15-8-16-39-19-22-11-9-21(3)10-12-22)18-25-31(23,4)13-7-14-32(25,5)30(37)38-6/h9-12,17,20,25H,7-8,13-16,18-19H2,1-6H3/t25-,31-,32-/m1/s1. The fourth-order valence-corrected chi connectivity index (χ4v) is 7.76. The summed E-state index contributed by atoms with van der Waals surface area (Å²) >= 11 is 13.8. The van der Waals surface area contributed by atoms with Crippen molar-refractivity contribution in [2.24, 2.45) is 11.3 Å². The van der Waals surface area contributed by atoms with Gasteiger partial charge < -0.3 is 14.4 Å². The summed E-state index contributed by atoms with van der Waals surface area (Å²) in [4.78, 5) is 29.3. The summed E-state index contributed by atoms with van der Waals surface area (Å²) in [7, 11) is 1.45. The lowest BCUT2D eigenvalue weighted by Crippen LogP contribution is -2.54. The van der Waals surface area contributed by atoms with Crippen molar-refractivity contribution >= 4 is 35.1 Å². The van der Waals surface area contributed by atoms with Crippen molar-refractivity contribution < 1.29 is 19.1 Å². The smallest absolute Gasteiger partial charge is 0.311 e. The van der Waals surface area contributed by atoms with E-state index >= 15 is 0 Å². The molecule has 5 nitrogen and oxygen atoms in total. The minimum Gasteiger partial charge on any atom is -0.469 e. The first-order valence-electron chi connectivity index (χ1n) is 14.0. The molecular weight excluding hydrogens is 533 g/mol. The molecule has 1 amide bonds. The van der Waals surface area contributed by atoms with Gasteiger partial charge >= 0.3 is 5.97 Å². The summed E-state index contributed by atoms with van der Waals surface area (Å²) in [6.07, 6.45) is 3.07. The summed E-state index contributed by atoms with van der Waals surface area (Å²) in [6.45, 7) is 12.3. The van der Waals surface area contributed by atoms with Gasteiger partial charge in [0.1, 0.15) is 0 Å². The number of benzene rings is 2. The molecule has 39 heavy (non-hydrogen) atoms. The Kier molecular flexibility index (Phi) is 9.05.